The predicted molar refractivity (Wildman–Crippen MR) is 115 cm³/mol. The van der Waals surface area contributed by atoms with Crippen molar-refractivity contribution < 1.29 is 13.5 Å². The van der Waals surface area contributed by atoms with Crippen molar-refractivity contribution in [1.82, 2.24) is 29.5 Å². The minimum atomic E-state index is -3.74. The molecule has 31 heavy (non-hydrogen) atoms. The van der Waals surface area contributed by atoms with Gasteiger partial charge in [0, 0.05) is 11.6 Å². The van der Waals surface area contributed by atoms with Crippen molar-refractivity contribution in [2.75, 3.05) is 5.73 Å². The smallest absolute Gasteiger partial charge is 0.240 e. The lowest BCUT2D eigenvalue weighted by Gasteiger charge is -2.33. The second kappa shape index (κ2) is 7.98. The third kappa shape index (κ3) is 4.58. The zero-order chi connectivity index (χ0) is 22.2. The van der Waals surface area contributed by atoms with Gasteiger partial charge in [-0.05, 0) is 57.2 Å². The van der Waals surface area contributed by atoms with Crippen LogP contribution >= 0.6 is 0 Å². The molecule has 4 rings (SSSR count). The third-order valence-corrected chi connectivity index (χ3v) is 7.12. The molecule has 1 saturated carbocycles. The monoisotopic (exact) mass is 443 g/mol. The largest absolute Gasteiger partial charge is 0.390 e. The quantitative estimate of drug-likeness (QED) is 0.538. The first-order valence-electron chi connectivity index (χ1n) is 9.98. The fourth-order valence-corrected chi connectivity index (χ4v) is 5.02. The fourth-order valence-electron chi connectivity index (χ4n) is 3.69. The molecule has 164 valence electrons. The number of nitrogen functional groups attached to an aromatic ring is 1. The van der Waals surface area contributed by atoms with Crippen molar-refractivity contribution >= 4 is 15.8 Å². The molecule has 3 aromatic rings. The number of benzene rings is 1. The first kappa shape index (κ1) is 21.3. The van der Waals surface area contributed by atoms with Crippen LogP contribution in [0.3, 0.4) is 0 Å². The summed E-state index contributed by atoms with van der Waals surface area (Å²) in [7, 11) is -3.74. The molecule has 1 fully saturated rings. The maximum atomic E-state index is 13.0. The van der Waals surface area contributed by atoms with Crippen LogP contribution in [0.4, 0.5) is 5.82 Å². The fraction of sp³-hybridized carbons (Fsp3) is 0.400. The number of rotatable bonds is 5. The highest BCUT2D eigenvalue weighted by molar-refractivity contribution is 7.89. The number of aryl methyl sites for hydroxylation is 1. The van der Waals surface area contributed by atoms with Gasteiger partial charge in [0.25, 0.3) is 0 Å². The average Bonchev–Trinajstić information content (AvgIpc) is 3.25. The molecule has 2 heterocycles. The summed E-state index contributed by atoms with van der Waals surface area (Å²) < 4.78 is 30.2. The van der Waals surface area contributed by atoms with Gasteiger partial charge in [0.2, 0.25) is 10.0 Å². The summed E-state index contributed by atoms with van der Waals surface area (Å²) in [4.78, 5) is 12.8. The third-order valence-electron chi connectivity index (χ3n) is 5.60. The van der Waals surface area contributed by atoms with Gasteiger partial charge in [-0.15, -0.1) is 0 Å². The van der Waals surface area contributed by atoms with Gasteiger partial charge in [-0.25, -0.2) is 28.1 Å². The molecular weight excluding hydrogens is 418 g/mol. The molecule has 11 heteroatoms. The number of aromatic nitrogens is 5. The summed E-state index contributed by atoms with van der Waals surface area (Å²) in [6.45, 7) is 3.65. The molecule has 0 radical (unpaired) electrons. The molecule has 0 saturated heterocycles. The summed E-state index contributed by atoms with van der Waals surface area (Å²) in [6.07, 6.45) is 6.64. The molecule has 1 aromatic carbocycles. The average molecular weight is 444 g/mol. The maximum absolute atomic E-state index is 13.0. The lowest BCUT2D eigenvalue weighted by molar-refractivity contribution is 0.0163. The Morgan fingerprint density at radius 2 is 2.03 bits per heavy atom. The topological polar surface area (TPSA) is 149 Å². The Labute approximate surface area is 180 Å². The van der Waals surface area contributed by atoms with Gasteiger partial charge < -0.3 is 10.8 Å². The summed E-state index contributed by atoms with van der Waals surface area (Å²) in [6, 6.07) is 4.69. The van der Waals surface area contributed by atoms with Crippen LogP contribution in [0.15, 0.2) is 41.9 Å². The highest BCUT2D eigenvalue weighted by Gasteiger charge is 2.31. The summed E-state index contributed by atoms with van der Waals surface area (Å²) >= 11 is 0. The molecule has 0 amide bonds. The molecular formula is C20H25N7O3S. The van der Waals surface area contributed by atoms with Crippen LogP contribution in [0.2, 0.25) is 0 Å². The Kier molecular flexibility index (Phi) is 5.50. The Bertz CT molecular complexity index is 1180. The predicted octanol–water partition coefficient (Wildman–Crippen LogP) is 1.59. The molecule has 0 unspecified atom stereocenters. The summed E-state index contributed by atoms with van der Waals surface area (Å²) in [5, 5.41) is 14.1. The van der Waals surface area contributed by atoms with Crippen molar-refractivity contribution in [2.24, 2.45) is 0 Å². The van der Waals surface area contributed by atoms with E-state index in [0.717, 1.165) is 5.56 Å². The van der Waals surface area contributed by atoms with Crippen LogP contribution in [0.25, 0.3) is 17.1 Å². The van der Waals surface area contributed by atoms with E-state index in [-0.39, 0.29) is 16.8 Å². The van der Waals surface area contributed by atoms with Crippen molar-refractivity contribution in [3.05, 3.63) is 42.6 Å². The van der Waals surface area contributed by atoms with Crippen LogP contribution in [-0.2, 0) is 10.0 Å². The molecule has 2 aromatic heterocycles. The van der Waals surface area contributed by atoms with E-state index in [1.54, 1.807) is 25.1 Å². The van der Waals surface area contributed by atoms with E-state index >= 15 is 0 Å². The van der Waals surface area contributed by atoms with E-state index in [2.05, 4.69) is 24.8 Å². The molecule has 0 aliphatic heterocycles. The van der Waals surface area contributed by atoms with Crippen LogP contribution in [0, 0.1) is 6.92 Å². The Morgan fingerprint density at radius 3 is 2.71 bits per heavy atom. The van der Waals surface area contributed by atoms with E-state index in [1.165, 1.54) is 23.5 Å². The van der Waals surface area contributed by atoms with Crippen LogP contribution in [-0.4, -0.2) is 49.9 Å². The number of aliphatic hydroxyl groups is 1. The van der Waals surface area contributed by atoms with Crippen LogP contribution < -0.4 is 10.5 Å². The highest BCUT2D eigenvalue weighted by atomic mass is 32.2. The van der Waals surface area contributed by atoms with Gasteiger partial charge in [-0.1, -0.05) is 6.07 Å². The van der Waals surface area contributed by atoms with Gasteiger partial charge in [0.15, 0.2) is 11.6 Å². The molecule has 1 aliphatic carbocycles. The van der Waals surface area contributed by atoms with Gasteiger partial charge in [-0.3, -0.25) is 0 Å². The lowest BCUT2D eigenvalue weighted by Crippen LogP contribution is -2.42. The van der Waals surface area contributed by atoms with E-state index in [9.17, 15) is 13.5 Å². The van der Waals surface area contributed by atoms with E-state index < -0.39 is 15.6 Å². The van der Waals surface area contributed by atoms with Crippen molar-refractivity contribution in [1.29, 1.82) is 0 Å². The molecule has 10 nitrogen and oxygen atoms in total. The van der Waals surface area contributed by atoms with Gasteiger partial charge in [0.1, 0.15) is 12.7 Å². The van der Waals surface area contributed by atoms with Crippen LogP contribution in [0.5, 0.6) is 0 Å². The van der Waals surface area contributed by atoms with Gasteiger partial charge in [0.05, 0.1) is 22.4 Å². The number of nitrogens with zero attached hydrogens (tertiary/aromatic N) is 5. The van der Waals surface area contributed by atoms with E-state index in [1.807, 2.05) is 6.92 Å². The zero-order valence-electron chi connectivity index (χ0n) is 17.4. The number of anilines is 1. The molecule has 0 atom stereocenters. The first-order chi connectivity index (χ1) is 14.6. The van der Waals surface area contributed by atoms with Crippen molar-refractivity contribution in [3.63, 3.8) is 0 Å². The van der Waals surface area contributed by atoms with Crippen molar-refractivity contribution in [3.8, 4) is 17.1 Å². The molecule has 0 bridgehead atoms. The number of sulfonamides is 1. The van der Waals surface area contributed by atoms with Gasteiger partial charge in [-0.2, -0.15) is 9.78 Å². The molecule has 0 spiro atoms. The van der Waals surface area contributed by atoms with E-state index in [4.69, 9.17) is 5.73 Å². The zero-order valence-corrected chi connectivity index (χ0v) is 18.2. The number of nitrogens with one attached hydrogen (secondary N) is 1. The number of nitrogens with two attached hydrogens (primary N) is 1. The lowest BCUT2D eigenvalue weighted by atomic mass is 9.84. The minimum absolute atomic E-state index is 0.145. The summed E-state index contributed by atoms with van der Waals surface area (Å²) in [5.74, 6) is 0.501. The first-order valence-corrected chi connectivity index (χ1v) is 11.5. The number of hydrogen-bond acceptors (Lipinski definition) is 8. The molecule has 4 N–H and O–H groups in total. The Balaban J connectivity index is 1.64. The van der Waals surface area contributed by atoms with Gasteiger partial charge >= 0.3 is 0 Å². The SMILES string of the molecule is Cc1ccc(S(=O)(=O)N[C@H]2CC[C@@](C)(O)CC2)cc1-c1cnc(N)c(-n2cncn2)n1. The second-order valence-electron chi connectivity index (χ2n) is 8.17. The van der Waals surface area contributed by atoms with Crippen LogP contribution in [0.1, 0.15) is 38.2 Å². The normalized spacial score (nSPS) is 21.8. The van der Waals surface area contributed by atoms with E-state index in [0.29, 0.717) is 42.8 Å². The highest BCUT2D eigenvalue weighted by Crippen LogP contribution is 2.30. The summed E-state index contributed by atoms with van der Waals surface area (Å²) in [5.41, 5.74) is 7.15. The minimum Gasteiger partial charge on any atom is -0.390 e. The molecule has 1 aliphatic rings. The second-order valence-corrected chi connectivity index (χ2v) is 9.89. The Hall–Kier alpha value is -2.89. The standard InChI is InChI=1S/C20H25N7O3S/c1-13-3-4-15(31(29,30)26-14-5-7-20(2,28)8-6-14)9-16(13)17-10-23-18(21)19(25-17)27-12-22-11-24-27/h3-4,9-12,14,26,28H,5-8H2,1-2H3,(H2,21,23)/t14-,20+. The Morgan fingerprint density at radius 1 is 1.29 bits per heavy atom. The number of hydrogen-bond donors (Lipinski definition) is 3. The van der Waals surface area contributed by atoms with Crippen molar-refractivity contribution in [2.45, 2.75) is 56.1 Å². The maximum Gasteiger partial charge on any atom is 0.240 e.